The second-order valence-corrected chi connectivity index (χ2v) is 12.8. The van der Waals surface area contributed by atoms with Crippen molar-refractivity contribution in [2.75, 3.05) is 6.61 Å². The summed E-state index contributed by atoms with van der Waals surface area (Å²) >= 11 is 2.27. The number of hydrogen-bond donors (Lipinski definition) is 1. The molecule has 31 heavy (non-hydrogen) atoms. The molecule has 1 N–H and O–H groups in total. The van der Waals surface area contributed by atoms with E-state index in [-0.39, 0.29) is 16.4 Å². The number of fused-ring (bicyclic) bond motifs is 5. The molecule has 7 atom stereocenters. The summed E-state index contributed by atoms with van der Waals surface area (Å²) in [7, 11) is 0. The lowest BCUT2D eigenvalue weighted by Crippen LogP contribution is -2.55. The molecule has 5 aliphatic rings. The highest BCUT2D eigenvalue weighted by Crippen LogP contribution is 2.68. The minimum absolute atomic E-state index is 0.0432. The predicted octanol–water partition coefficient (Wildman–Crippen LogP) is 6.91. The van der Waals surface area contributed by atoms with Gasteiger partial charge in [0, 0.05) is 11.8 Å². The molecule has 0 aromatic heterocycles. The summed E-state index contributed by atoms with van der Waals surface area (Å²) in [5.41, 5.74) is 2.31. The average Bonchev–Trinajstić information content (AvgIpc) is 2.99. The SMILES string of the molecule is C=C1C[C@@]2(CC)[C@@H](CC[C@@]2(O)/C=C/I)[C@@H]2CC=C3CC4(CC[C@@H]3[C@@H]12)CC(C)(C)COO4. The zero-order valence-corrected chi connectivity index (χ0v) is 21.6. The van der Waals surface area contributed by atoms with Crippen LogP contribution >= 0.6 is 22.6 Å². The van der Waals surface area contributed by atoms with Gasteiger partial charge in [0.15, 0.2) is 0 Å². The Morgan fingerprint density at radius 1 is 1.26 bits per heavy atom. The Morgan fingerprint density at radius 2 is 2.06 bits per heavy atom. The molecule has 1 aliphatic heterocycles. The third-order valence-electron chi connectivity index (χ3n) is 9.86. The van der Waals surface area contributed by atoms with Gasteiger partial charge in [-0.15, -0.1) is 0 Å². The van der Waals surface area contributed by atoms with Crippen LogP contribution in [-0.4, -0.2) is 22.9 Å². The Labute approximate surface area is 201 Å². The Balaban J connectivity index is 1.44. The van der Waals surface area contributed by atoms with Crippen molar-refractivity contribution >= 4 is 22.6 Å². The molecule has 4 heteroatoms. The molecule has 0 radical (unpaired) electrons. The van der Waals surface area contributed by atoms with Gasteiger partial charge in [0.2, 0.25) is 0 Å². The van der Waals surface area contributed by atoms with E-state index in [2.05, 4.69) is 62.1 Å². The molecule has 3 nitrogen and oxygen atoms in total. The van der Waals surface area contributed by atoms with Gasteiger partial charge in [-0.2, -0.15) is 0 Å². The Hall–Kier alpha value is -0.170. The summed E-state index contributed by atoms with van der Waals surface area (Å²) in [5, 5.41) is 11.7. The van der Waals surface area contributed by atoms with Crippen LogP contribution in [0.4, 0.5) is 0 Å². The molecule has 0 aromatic carbocycles. The molecular formula is C27H39IO3. The van der Waals surface area contributed by atoms with Gasteiger partial charge in [0.05, 0.1) is 12.2 Å². The van der Waals surface area contributed by atoms with Gasteiger partial charge in [0.25, 0.3) is 0 Å². The van der Waals surface area contributed by atoms with E-state index in [0.717, 1.165) is 51.4 Å². The quantitative estimate of drug-likeness (QED) is 0.236. The maximum atomic E-state index is 11.7. The van der Waals surface area contributed by atoms with Crippen LogP contribution in [0.2, 0.25) is 0 Å². The number of aliphatic hydroxyl groups is 1. The number of rotatable bonds is 2. The van der Waals surface area contributed by atoms with Crippen LogP contribution in [0, 0.1) is 34.5 Å². The van der Waals surface area contributed by atoms with Crippen molar-refractivity contribution in [1.82, 2.24) is 0 Å². The van der Waals surface area contributed by atoms with Gasteiger partial charge in [-0.05, 0) is 90.6 Å². The minimum atomic E-state index is -0.680. The first kappa shape index (κ1) is 22.6. The summed E-state index contributed by atoms with van der Waals surface area (Å²) in [5.74, 6) is 2.40. The van der Waals surface area contributed by atoms with Crippen LogP contribution in [-0.2, 0) is 9.78 Å². The Kier molecular flexibility index (Phi) is 5.60. The normalized spacial score (nSPS) is 48.9. The average molecular weight is 539 g/mol. The van der Waals surface area contributed by atoms with E-state index in [4.69, 9.17) is 9.78 Å². The highest BCUT2D eigenvalue weighted by molar-refractivity contribution is 14.1. The van der Waals surface area contributed by atoms with Crippen molar-refractivity contribution in [1.29, 1.82) is 0 Å². The van der Waals surface area contributed by atoms with Gasteiger partial charge in [-0.25, -0.2) is 9.78 Å². The minimum Gasteiger partial charge on any atom is -0.385 e. The standard InChI is InChI=1S/C27H39IO3/c1-5-26-14-18(2)23-20-8-10-25(16-24(3,4)17-30-31-25)15-19(20)6-7-21(23)22(26)9-11-27(26,29)12-13-28/h6,12-13,20-23,29H,2,5,7-11,14-17H2,1,3-4H3/b13-12+/t20-,21-,22-,23+,25?,26-,27+/m0/s1. The molecule has 4 aliphatic carbocycles. The van der Waals surface area contributed by atoms with Crippen LogP contribution in [0.5, 0.6) is 0 Å². The smallest absolute Gasteiger partial charge is 0.108 e. The second kappa shape index (κ2) is 7.68. The number of hydrogen-bond acceptors (Lipinski definition) is 3. The molecule has 172 valence electrons. The molecule has 0 bridgehead atoms. The topological polar surface area (TPSA) is 38.7 Å². The largest absolute Gasteiger partial charge is 0.385 e. The maximum Gasteiger partial charge on any atom is 0.108 e. The highest BCUT2D eigenvalue weighted by Gasteiger charge is 2.64. The molecule has 1 saturated heterocycles. The highest BCUT2D eigenvalue weighted by atomic mass is 127. The van der Waals surface area contributed by atoms with E-state index < -0.39 is 5.60 Å². The molecule has 3 saturated carbocycles. The van der Waals surface area contributed by atoms with Crippen LogP contribution in [0.15, 0.2) is 34.0 Å². The first-order valence-corrected chi connectivity index (χ1v) is 13.6. The molecule has 5 rings (SSSR count). The molecule has 0 amide bonds. The Bertz CT molecular complexity index is 815. The maximum absolute atomic E-state index is 11.7. The lowest BCUT2D eigenvalue weighted by Gasteiger charge is -2.58. The van der Waals surface area contributed by atoms with Crippen molar-refractivity contribution < 1.29 is 14.9 Å². The lowest BCUT2D eigenvalue weighted by atomic mass is 9.48. The van der Waals surface area contributed by atoms with E-state index >= 15 is 0 Å². The second-order valence-electron chi connectivity index (χ2n) is 12.1. The number of allylic oxidation sites excluding steroid dienone is 2. The van der Waals surface area contributed by atoms with Crippen molar-refractivity contribution in [2.24, 2.45) is 34.5 Å². The molecule has 1 unspecified atom stereocenters. The van der Waals surface area contributed by atoms with Crippen molar-refractivity contribution in [2.45, 2.75) is 89.8 Å². The summed E-state index contributed by atoms with van der Waals surface area (Å²) in [6.07, 6.45) is 14.2. The Morgan fingerprint density at radius 3 is 2.77 bits per heavy atom. The lowest BCUT2D eigenvalue weighted by molar-refractivity contribution is -0.408. The molecule has 1 heterocycles. The van der Waals surface area contributed by atoms with E-state index in [1.54, 1.807) is 5.57 Å². The summed E-state index contributed by atoms with van der Waals surface area (Å²) in [6, 6.07) is 0. The van der Waals surface area contributed by atoms with Crippen LogP contribution in [0.3, 0.4) is 0 Å². The van der Waals surface area contributed by atoms with E-state index in [0.29, 0.717) is 30.3 Å². The van der Waals surface area contributed by atoms with Gasteiger partial charge < -0.3 is 5.11 Å². The fourth-order valence-corrected chi connectivity index (χ4v) is 9.35. The monoisotopic (exact) mass is 538 g/mol. The predicted molar refractivity (Wildman–Crippen MR) is 133 cm³/mol. The molecule has 1 spiro atoms. The first-order valence-electron chi connectivity index (χ1n) is 12.4. The van der Waals surface area contributed by atoms with Crippen molar-refractivity contribution in [3.05, 3.63) is 34.0 Å². The van der Waals surface area contributed by atoms with Gasteiger partial charge in [-0.3, -0.25) is 0 Å². The third-order valence-corrected chi connectivity index (χ3v) is 10.2. The van der Waals surface area contributed by atoms with E-state index in [1.807, 2.05) is 4.08 Å². The summed E-state index contributed by atoms with van der Waals surface area (Å²) in [6.45, 7) is 12.2. The van der Waals surface area contributed by atoms with Crippen molar-refractivity contribution in [3.63, 3.8) is 0 Å². The summed E-state index contributed by atoms with van der Waals surface area (Å²) in [4.78, 5) is 11.6. The summed E-state index contributed by atoms with van der Waals surface area (Å²) < 4.78 is 2.03. The molecule has 4 fully saturated rings. The molecular weight excluding hydrogens is 499 g/mol. The number of halogens is 1. The zero-order chi connectivity index (χ0) is 22.1. The zero-order valence-electron chi connectivity index (χ0n) is 19.5. The van der Waals surface area contributed by atoms with Gasteiger partial charge in [0.1, 0.15) is 5.60 Å². The van der Waals surface area contributed by atoms with E-state index in [1.165, 1.54) is 12.0 Å². The fraction of sp³-hybridized carbons (Fsp3) is 0.778. The van der Waals surface area contributed by atoms with Gasteiger partial charge in [-0.1, -0.05) is 67.2 Å². The fourth-order valence-electron chi connectivity index (χ4n) is 8.75. The van der Waals surface area contributed by atoms with Crippen LogP contribution < -0.4 is 0 Å². The van der Waals surface area contributed by atoms with E-state index in [9.17, 15) is 5.11 Å². The molecule has 0 aromatic rings. The first-order chi connectivity index (χ1) is 14.7. The van der Waals surface area contributed by atoms with Crippen molar-refractivity contribution in [3.8, 4) is 0 Å². The van der Waals surface area contributed by atoms with Gasteiger partial charge >= 0.3 is 0 Å². The van der Waals surface area contributed by atoms with Crippen LogP contribution in [0.1, 0.15) is 78.6 Å². The van der Waals surface area contributed by atoms with Crippen LogP contribution in [0.25, 0.3) is 0 Å². The third kappa shape index (κ3) is 3.37.